The number of thiophene rings is 1. The summed E-state index contributed by atoms with van der Waals surface area (Å²) in [6, 6.07) is 6.45. The Morgan fingerprint density at radius 3 is 3.05 bits per heavy atom. The third kappa shape index (κ3) is 3.18. The number of halogens is 1. The maximum atomic E-state index is 12.9. The summed E-state index contributed by atoms with van der Waals surface area (Å²) in [5.41, 5.74) is 0.249. The van der Waals surface area contributed by atoms with Gasteiger partial charge in [0.1, 0.15) is 11.5 Å². The molecule has 1 aliphatic heterocycles. The number of pyridine rings is 1. The number of hydrogen-bond donors (Lipinski definition) is 1. The van der Waals surface area contributed by atoms with Crippen LogP contribution in [0, 0.1) is 5.82 Å². The van der Waals surface area contributed by atoms with Gasteiger partial charge in [-0.3, -0.25) is 4.79 Å². The third-order valence-corrected chi connectivity index (χ3v) is 4.92. The number of rotatable bonds is 4. The van der Waals surface area contributed by atoms with E-state index in [1.165, 1.54) is 23.5 Å². The van der Waals surface area contributed by atoms with E-state index in [2.05, 4.69) is 4.98 Å². The van der Waals surface area contributed by atoms with Crippen molar-refractivity contribution in [3.05, 3.63) is 52.2 Å². The summed E-state index contributed by atoms with van der Waals surface area (Å²) < 4.78 is 12.9. The number of likely N-dealkylation sites (tertiary alicyclic amines) is 1. The lowest BCUT2D eigenvalue weighted by molar-refractivity contribution is 0.0664. The molecule has 1 fully saturated rings. The molecule has 1 N–H and O–H groups in total. The van der Waals surface area contributed by atoms with Gasteiger partial charge in [-0.1, -0.05) is 6.07 Å². The smallest absolute Gasteiger partial charge is 0.272 e. The zero-order valence-electron chi connectivity index (χ0n) is 12.0. The van der Waals surface area contributed by atoms with Crippen molar-refractivity contribution in [1.29, 1.82) is 0 Å². The van der Waals surface area contributed by atoms with Crippen LogP contribution >= 0.6 is 11.3 Å². The lowest BCUT2D eigenvalue weighted by Crippen LogP contribution is -2.36. The molecule has 1 aliphatic rings. The summed E-state index contributed by atoms with van der Waals surface area (Å²) in [5.74, 6) is -0.650. The minimum Gasteiger partial charge on any atom is -0.387 e. The largest absolute Gasteiger partial charge is 0.387 e. The molecule has 0 aromatic carbocycles. The standard InChI is InChI=1S/C16H17FN2O2S/c17-11-5-6-13(18-10-11)16(21)19-7-1-3-12(19)9-14(20)15-4-2-8-22-15/h2,4-6,8,10,12,14,20H,1,3,7,9H2/t12-,14+/m0/s1. The third-order valence-electron chi connectivity index (χ3n) is 3.95. The van der Waals surface area contributed by atoms with Crippen LogP contribution in [0.2, 0.25) is 0 Å². The Bertz CT molecular complexity index is 630. The van der Waals surface area contributed by atoms with Crippen LogP contribution < -0.4 is 0 Å². The summed E-state index contributed by atoms with van der Waals surface area (Å²) in [6.07, 6.45) is 2.80. The zero-order valence-corrected chi connectivity index (χ0v) is 12.8. The molecule has 0 aliphatic carbocycles. The van der Waals surface area contributed by atoms with Gasteiger partial charge in [-0.05, 0) is 42.8 Å². The van der Waals surface area contributed by atoms with E-state index in [-0.39, 0.29) is 17.6 Å². The summed E-state index contributed by atoms with van der Waals surface area (Å²) in [5, 5.41) is 12.2. The number of aliphatic hydroxyl groups is 1. The number of hydrogen-bond acceptors (Lipinski definition) is 4. The van der Waals surface area contributed by atoms with E-state index in [1.54, 1.807) is 4.90 Å². The predicted octanol–water partition coefficient (Wildman–Crippen LogP) is 3.01. The number of amides is 1. The lowest BCUT2D eigenvalue weighted by Gasteiger charge is -2.26. The van der Waals surface area contributed by atoms with E-state index in [0.717, 1.165) is 23.9 Å². The number of carbonyl (C=O) groups is 1. The predicted molar refractivity (Wildman–Crippen MR) is 82.1 cm³/mol. The van der Waals surface area contributed by atoms with Crippen molar-refractivity contribution in [1.82, 2.24) is 9.88 Å². The quantitative estimate of drug-likeness (QED) is 0.942. The van der Waals surface area contributed by atoms with Gasteiger partial charge in [-0.2, -0.15) is 0 Å². The molecule has 1 saturated heterocycles. The Morgan fingerprint density at radius 1 is 1.50 bits per heavy atom. The van der Waals surface area contributed by atoms with E-state index in [4.69, 9.17) is 0 Å². The Kier molecular flexibility index (Phi) is 4.49. The Hall–Kier alpha value is -1.79. The number of aliphatic hydroxyl groups excluding tert-OH is 1. The van der Waals surface area contributed by atoms with Crippen LogP contribution in [-0.4, -0.2) is 33.5 Å². The van der Waals surface area contributed by atoms with Gasteiger partial charge in [0.25, 0.3) is 5.91 Å². The Labute approximate surface area is 132 Å². The molecule has 2 aromatic rings. The second kappa shape index (κ2) is 6.54. The van der Waals surface area contributed by atoms with Gasteiger partial charge < -0.3 is 10.0 Å². The van der Waals surface area contributed by atoms with Crippen molar-refractivity contribution in [3.63, 3.8) is 0 Å². The maximum absolute atomic E-state index is 12.9. The van der Waals surface area contributed by atoms with Crippen molar-refractivity contribution in [3.8, 4) is 0 Å². The van der Waals surface area contributed by atoms with Crippen molar-refractivity contribution < 1.29 is 14.3 Å². The molecule has 0 saturated carbocycles. The Morgan fingerprint density at radius 2 is 2.36 bits per heavy atom. The maximum Gasteiger partial charge on any atom is 0.272 e. The van der Waals surface area contributed by atoms with E-state index < -0.39 is 11.9 Å². The van der Waals surface area contributed by atoms with Gasteiger partial charge in [0.2, 0.25) is 0 Å². The molecule has 0 unspecified atom stereocenters. The normalized spacial score (nSPS) is 19.4. The van der Waals surface area contributed by atoms with E-state index in [9.17, 15) is 14.3 Å². The molecule has 4 nitrogen and oxygen atoms in total. The average molecular weight is 320 g/mol. The fraction of sp³-hybridized carbons (Fsp3) is 0.375. The van der Waals surface area contributed by atoms with Crippen LogP contribution in [-0.2, 0) is 0 Å². The van der Waals surface area contributed by atoms with Gasteiger partial charge in [0, 0.05) is 17.5 Å². The van der Waals surface area contributed by atoms with Crippen LogP contribution in [0.1, 0.15) is 40.7 Å². The highest BCUT2D eigenvalue weighted by molar-refractivity contribution is 7.10. The summed E-state index contributed by atoms with van der Waals surface area (Å²) in [7, 11) is 0. The molecule has 3 heterocycles. The van der Waals surface area contributed by atoms with Crippen LogP contribution in [0.15, 0.2) is 35.8 Å². The van der Waals surface area contributed by atoms with Crippen molar-refractivity contribution in [2.45, 2.75) is 31.4 Å². The van der Waals surface area contributed by atoms with Crippen molar-refractivity contribution in [2.24, 2.45) is 0 Å². The van der Waals surface area contributed by atoms with Gasteiger partial charge >= 0.3 is 0 Å². The molecule has 22 heavy (non-hydrogen) atoms. The molecule has 0 spiro atoms. The van der Waals surface area contributed by atoms with Crippen LogP contribution in [0.3, 0.4) is 0 Å². The number of aromatic nitrogens is 1. The molecule has 1 amide bonds. The molecule has 0 bridgehead atoms. The van der Waals surface area contributed by atoms with Crippen molar-refractivity contribution >= 4 is 17.2 Å². The minimum absolute atomic E-state index is 0.00328. The van der Waals surface area contributed by atoms with Gasteiger partial charge in [-0.25, -0.2) is 9.37 Å². The first-order valence-electron chi connectivity index (χ1n) is 7.29. The molecule has 0 radical (unpaired) electrons. The summed E-state index contributed by atoms with van der Waals surface area (Å²) in [6.45, 7) is 0.652. The molecular weight excluding hydrogens is 303 g/mol. The van der Waals surface area contributed by atoms with E-state index in [0.29, 0.717) is 13.0 Å². The average Bonchev–Trinajstić information content (AvgIpc) is 3.18. The molecule has 3 rings (SSSR count). The van der Waals surface area contributed by atoms with Crippen LogP contribution in [0.25, 0.3) is 0 Å². The first kappa shape index (κ1) is 15.1. The Balaban J connectivity index is 1.70. The molecule has 116 valence electrons. The number of nitrogens with zero attached hydrogens (tertiary/aromatic N) is 2. The van der Waals surface area contributed by atoms with Gasteiger partial charge in [-0.15, -0.1) is 11.3 Å². The summed E-state index contributed by atoms with van der Waals surface area (Å²) >= 11 is 1.51. The minimum atomic E-state index is -0.556. The molecular formula is C16H17FN2O2S. The highest BCUT2D eigenvalue weighted by Gasteiger charge is 2.32. The first-order chi connectivity index (χ1) is 10.6. The van der Waals surface area contributed by atoms with Gasteiger partial charge in [0.15, 0.2) is 0 Å². The van der Waals surface area contributed by atoms with Crippen LogP contribution in [0.4, 0.5) is 4.39 Å². The SMILES string of the molecule is O=C(c1ccc(F)cn1)N1CCC[C@H]1C[C@@H](O)c1cccs1. The zero-order chi connectivity index (χ0) is 15.5. The van der Waals surface area contributed by atoms with E-state index in [1.807, 2.05) is 17.5 Å². The fourth-order valence-corrected chi connectivity index (χ4v) is 3.58. The highest BCUT2D eigenvalue weighted by atomic mass is 32.1. The second-order valence-corrected chi connectivity index (χ2v) is 6.40. The van der Waals surface area contributed by atoms with Crippen molar-refractivity contribution in [2.75, 3.05) is 6.54 Å². The van der Waals surface area contributed by atoms with E-state index >= 15 is 0 Å². The second-order valence-electron chi connectivity index (χ2n) is 5.42. The topological polar surface area (TPSA) is 53.4 Å². The molecule has 2 aromatic heterocycles. The fourth-order valence-electron chi connectivity index (χ4n) is 2.85. The lowest BCUT2D eigenvalue weighted by atomic mass is 10.1. The molecule has 6 heteroatoms. The monoisotopic (exact) mass is 320 g/mol. The molecule has 2 atom stereocenters. The first-order valence-corrected chi connectivity index (χ1v) is 8.17. The highest BCUT2D eigenvalue weighted by Crippen LogP contribution is 2.30. The van der Waals surface area contributed by atoms with Gasteiger partial charge in [0.05, 0.1) is 12.3 Å². The van der Waals surface area contributed by atoms with Crippen LogP contribution in [0.5, 0.6) is 0 Å². The summed E-state index contributed by atoms with van der Waals surface area (Å²) in [4.78, 5) is 19.0. The number of carbonyl (C=O) groups excluding carboxylic acids is 1.